The third kappa shape index (κ3) is 2.45. The lowest BCUT2D eigenvalue weighted by molar-refractivity contribution is 0.181. The molecular weight excluding hydrogens is 238 g/mol. The van der Waals surface area contributed by atoms with Gasteiger partial charge in [-0.05, 0) is 36.8 Å². The van der Waals surface area contributed by atoms with Crippen LogP contribution in [0.15, 0.2) is 24.3 Å². The van der Waals surface area contributed by atoms with Crippen molar-refractivity contribution in [3.05, 3.63) is 35.4 Å². The first-order chi connectivity index (χ1) is 9.25. The van der Waals surface area contributed by atoms with Crippen molar-refractivity contribution in [1.82, 2.24) is 10.2 Å². The summed E-state index contributed by atoms with van der Waals surface area (Å²) >= 11 is 0. The molecule has 102 valence electrons. The van der Waals surface area contributed by atoms with E-state index >= 15 is 0 Å². The van der Waals surface area contributed by atoms with Gasteiger partial charge in [0, 0.05) is 19.1 Å². The summed E-state index contributed by atoms with van der Waals surface area (Å²) in [5, 5.41) is 3.12. The van der Waals surface area contributed by atoms with Crippen molar-refractivity contribution in [3.63, 3.8) is 0 Å². The van der Waals surface area contributed by atoms with E-state index in [1.165, 1.54) is 17.5 Å². The minimum atomic E-state index is -0.0365. The summed E-state index contributed by atoms with van der Waals surface area (Å²) in [6, 6.07) is 8.21. The number of hydrogen-bond acceptors (Lipinski definition) is 2. The molecule has 2 atom stereocenters. The first-order valence-corrected chi connectivity index (χ1v) is 7.14. The third-order valence-electron chi connectivity index (χ3n) is 4.20. The van der Waals surface area contributed by atoms with Gasteiger partial charge in [0.25, 0.3) is 0 Å². The number of likely N-dealkylation sites (tertiary alicyclic amines) is 1. The summed E-state index contributed by atoms with van der Waals surface area (Å²) < 4.78 is 0. The molecule has 4 heteroatoms. The molecule has 19 heavy (non-hydrogen) atoms. The SMILES string of the molecule is NC1Cc2ccccc2C1NC(=O)N1CCCCC1. The van der Waals surface area contributed by atoms with Gasteiger partial charge in [0.15, 0.2) is 0 Å². The maximum absolute atomic E-state index is 12.3. The second-order valence-electron chi connectivity index (χ2n) is 5.54. The number of nitrogens with two attached hydrogens (primary N) is 1. The van der Waals surface area contributed by atoms with Crippen LogP contribution >= 0.6 is 0 Å². The van der Waals surface area contributed by atoms with Gasteiger partial charge in [-0.1, -0.05) is 24.3 Å². The van der Waals surface area contributed by atoms with Crippen molar-refractivity contribution in [2.75, 3.05) is 13.1 Å². The van der Waals surface area contributed by atoms with Crippen LogP contribution in [0.4, 0.5) is 4.79 Å². The summed E-state index contributed by atoms with van der Waals surface area (Å²) in [7, 11) is 0. The lowest BCUT2D eigenvalue weighted by Crippen LogP contribution is -2.47. The van der Waals surface area contributed by atoms with E-state index in [0.29, 0.717) is 0 Å². The van der Waals surface area contributed by atoms with Crippen molar-refractivity contribution >= 4 is 6.03 Å². The second kappa shape index (κ2) is 5.21. The number of hydrogen-bond donors (Lipinski definition) is 2. The lowest BCUT2D eigenvalue weighted by atomic mass is 10.1. The van der Waals surface area contributed by atoms with Crippen LogP contribution in [0.5, 0.6) is 0 Å². The Kier molecular flexibility index (Phi) is 3.42. The molecule has 1 fully saturated rings. The number of nitrogens with one attached hydrogen (secondary N) is 1. The van der Waals surface area contributed by atoms with Crippen LogP contribution in [0.3, 0.4) is 0 Å². The molecule has 0 bridgehead atoms. The number of rotatable bonds is 1. The zero-order valence-corrected chi connectivity index (χ0v) is 11.1. The van der Waals surface area contributed by atoms with Crippen LogP contribution in [0.2, 0.25) is 0 Å². The average molecular weight is 259 g/mol. The third-order valence-corrected chi connectivity index (χ3v) is 4.20. The summed E-state index contributed by atoms with van der Waals surface area (Å²) in [5.41, 5.74) is 8.62. The first-order valence-electron chi connectivity index (χ1n) is 7.14. The maximum atomic E-state index is 12.3. The van der Waals surface area contributed by atoms with E-state index in [2.05, 4.69) is 17.4 Å². The molecule has 0 radical (unpaired) electrons. The Bertz CT molecular complexity index is 468. The summed E-state index contributed by atoms with van der Waals surface area (Å²) in [6.45, 7) is 1.74. The molecule has 1 aromatic carbocycles. The van der Waals surface area contributed by atoms with E-state index in [-0.39, 0.29) is 18.1 Å². The van der Waals surface area contributed by atoms with Gasteiger partial charge in [-0.15, -0.1) is 0 Å². The van der Waals surface area contributed by atoms with Gasteiger partial charge in [0.2, 0.25) is 0 Å². The molecule has 1 aliphatic carbocycles. The minimum absolute atomic E-state index is 0.00820. The Morgan fingerprint density at radius 1 is 1.21 bits per heavy atom. The van der Waals surface area contributed by atoms with E-state index in [0.717, 1.165) is 32.4 Å². The molecule has 1 heterocycles. The van der Waals surface area contributed by atoms with Gasteiger partial charge in [-0.2, -0.15) is 0 Å². The lowest BCUT2D eigenvalue weighted by Gasteiger charge is -2.29. The number of carbonyl (C=O) groups is 1. The fourth-order valence-corrected chi connectivity index (χ4v) is 3.13. The zero-order chi connectivity index (χ0) is 13.2. The number of amides is 2. The van der Waals surface area contributed by atoms with Crippen molar-refractivity contribution in [2.45, 2.75) is 37.8 Å². The predicted octanol–water partition coefficient (Wildman–Crippen LogP) is 1.81. The van der Waals surface area contributed by atoms with Gasteiger partial charge in [-0.25, -0.2) is 4.79 Å². The quantitative estimate of drug-likeness (QED) is 0.808. The van der Waals surface area contributed by atoms with E-state index in [1.54, 1.807) is 0 Å². The molecule has 1 aromatic rings. The highest BCUT2D eigenvalue weighted by atomic mass is 16.2. The van der Waals surface area contributed by atoms with E-state index < -0.39 is 0 Å². The van der Waals surface area contributed by atoms with Gasteiger partial charge in [-0.3, -0.25) is 0 Å². The monoisotopic (exact) mass is 259 g/mol. The normalized spacial score (nSPS) is 26.1. The number of fused-ring (bicyclic) bond motifs is 1. The number of urea groups is 1. The number of piperidine rings is 1. The smallest absolute Gasteiger partial charge is 0.317 e. The van der Waals surface area contributed by atoms with Crippen LogP contribution in [-0.2, 0) is 6.42 Å². The molecule has 0 spiro atoms. The summed E-state index contributed by atoms with van der Waals surface area (Å²) in [6.07, 6.45) is 4.30. The van der Waals surface area contributed by atoms with Gasteiger partial charge >= 0.3 is 6.03 Å². The zero-order valence-electron chi connectivity index (χ0n) is 11.1. The first kappa shape index (κ1) is 12.5. The van der Waals surface area contributed by atoms with E-state index in [1.807, 2.05) is 17.0 Å². The molecule has 4 nitrogen and oxygen atoms in total. The number of carbonyl (C=O) groups excluding carboxylic acids is 1. The fraction of sp³-hybridized carbons (Fsp3) is 0.533. The molecule has 3 rings (SSSR count). The van der Waals surface area contributed by atoms with Gasteiger partial charge < -0.3 is 16.0 Å². The topological polar surface area (TPSA) is 58.4 Å². The summed E-state index contributed by atoms with van der Waals surface area (Å²) in [5.74, 6) is 0. The summed E-state index contributed by atoms with van der Waals surface area (Å²) in [4.78, 5) is 14.2. The second-order valence-corrected chi connectivity index (χ2v) is 5.54. The average Bonchev–Trinajstić information content (AvgIpc) is 2.76. The van der Waals surface area contributed by atoms with Crippen LogP contribution < -0.4 is 11.1 Å². The fourth-order valence-electron chi connectivity index (χ4n) is 3.13. The Morgan fingerprint density at radius 3 is 2.74 bits per heavy atom. The predicted molar refractivity (Wildman–Crippen MR) is 74.8 cm³/mol. The van der Waals surface area contributed by atoms with Crippen molar-refractivity contribution in [2.24, 2.45) is 5.73 Å². The molecule has 1 aliphatic heterocycles. The van der Waals surface area contributed by atoms with E-state index in [4.69, 9.17) is 5.73 Å². The van der Waals surface area contributed by atoms with Gasteiger partial charge in [0.05, 0.1) is 6.04 Å². The molecule has 1 saturated heterocycles. The minimum Gasteiger partial charge on any atom is -0.330 e. The standard InChI is InChI=1S/C15H21N3O/c16-13-10-11-6-2-3-7-12(11)14(13)17-15(19)18-8-4-1-5-9-18/h2-3,6-7,13-14H,1,4-5,8-10,16H2,(H,17,19). The molecule has 0 aromatic heterocycles. The Labute approximate surface area is 114 Å². The van der Waals surface area contributed by atoms with Crippen molar-refractivity contribution < 1.29 is 4.79 Å². The van der Waals surface area contributed by atoms with Crippen molar-refractivity contribution in [3.8, 4) is 0 Å². The van der Waals surface area contributed by atoms with Crippen LogP contribution in [0.1, 0.15) is 36.4 Å². The number of benzene rings is 1. The highest BCUT2D eigenvalue weighted by Gasteiger charge is 2.31. The molecular formula is C15H21N3O. The molecule has 2 unspecified atom stereocenters. The van der Waals surface area contributed by atoms with Gasteiger partial charge in [0.1, 0.15) is 0 Å². The van der Waals surface area contributed by atoms with Crippen LogP contribution in [0, 0.1) is 0 Å². The molecule has 2 aliphatic rings. The van der Waals surface area contributed by atoms with Crippen molar-refractivity contribution in [1.29, 1.82) is 0 Å². The Morgan fingerprint density at radius 2 is 1.95 bits per heavy atom. The number of nitrogens with zero attached hydrogens (tertiary/aromatic N) is 1. The highest BCUT2D eigenvalue weighted by Crippen LogP contribution is 2.30. The largest absolute Gasteiger partial charge is 0.330 e. The Hall–Kier alpha value is -1.55. The van der Waals surface area contributed by atoms with Crippen LogP contribution in [-0.4, -0.2) is 30.1 Å². The van der Waals surface area contributed by atoms with Crippen LogP contribution in [0.25, 0.3) is 0 Å². The highest BCUT2D eigenvalue weighted by molar-refractivity contribution is 5.75. The molecule has 2 amide bonds. The maximum Gasteiger partial charge on any atom is 0.317 e. The van der Waals surface area contributed by atoms with E-state index in [9.17, 15) is 4.79 Å². The molecule has 3 N–H and O–H groups in total. The Balaban J connectivity index is 1.71. The molecule has 0 saturated carbocycles.